The lowest BCUT2D eigenvalue weighted by atomic mass is 9.87. The Balaban J connectivity index is 1.38. The molecular formula is C23H28N4O3S. The molecule has 1 fully saturated rings. The van der Waals surface area contributed by atoms with E-state index in [1.54, 1.807) is 12.1 Å². The van der Waals surface area contributed by atoms with Gasteiger partial charge in [-0.3, -0.25) is 10.1 Å². The minimum Gasteiger partial charge on any atom is -0.324 e. The minimum atomic E-state index is -3.57. The second-order valence-corrected chi connectivity index (χ2v) is 11.0. The van der Waals surface area contributed by atoms with Crippen LogP contribution in [0.2, 0.25) is 0 Å². The normalized spacial score (nSPS) is 16.5. The third-order valence-corrected chi connectivity index (χ3v) is 7.73. The van der Waals surface area contributed by atoms with E-state index in [0.29, 0.717) is 36.8 Å². The molecule has 164 valence electrons. The largest absolute Gasteiger partial charge is 0.324 e. The second kappa shape index (κ2) is 8.09. The van der Waals surface area contributed by atoms with E-state index in [4.69, 9.17) is 0 Å². The first kappa shape index (κ1) is 21.5. The number of anilines is 1. The van der Waals surface area contributed by atoms with Crippen molar-refractivity contribution in [3.05, 3.63) is 54.1 Å². The lowest BCUT2D eigenvalue weighted by molar-refractivity contribution is -0.120. The summed E-state index contributed by atoms with van der Waals surface area (Å²) in [4.78, 5) is 20.4. The molecule has 4 rings (SSSR count). The lowest BCUT2D eigenvalue weighted by Crippen LogP contribution is -2.41. The summed E-state index contributed by atoms with van der Waals surface area (Å²) in [6, 6.07) is 14.7. The summed E-state index contributed by atoms with van der Waals surface area (Å²) in [5.74, 6) is 0.0359. The summed E-state index contributed by atoms with van der Waals surface area (Å²) in [7, 11) is -3.57. The average molecular weight is 441 g/mol. The van der Waals surface area contributed by atoms with Crippen LogP contribution in [-0.2, 0) is 20.2 Å². The van der Waals surface area contributed by atoms with Gasteiger partial charge in [-0.25, -0.2) is 13.4 Å². The van der Waals surface area contributed by atoms with Gasteiger partial charge in [0.05, 0.1) is 15.9 Å². The smallest absolute Gasteiger partial charge is 0.243 e. The van der Waals surface area contributed by atoms with Gasteiger partial charge in [-0.05, 0) is 48.1 Å². The number of piperidine rings is 1. The molecule has 0 aliphatic carbocycles. The molecule has 2 N–H and O–H groups in total. The van der Waals surface area contributed by atoms with E-state index >= 15 is 0 Å². The highest BCUT2D eigenvalue weighted by atomic mass is 32.2. The maximum atomic E-state index is 13.0. The number of H-pyrrole nitrogens is 1. The SMILES string of the molecule is CC(C)(C)c1ccc(S(=O)(=O)N2CCC(C(=O)Nc3nc4ccccc4[nH]3)CC2)cc1. The monoisotopic (exact) mass is 440 g/mol. The molecule has 0 unspecified atom stereocenters. The Morgan fingerprint density at radius 3 is 2.32 bits per heavy atom. The van der Waals surface area contributed by atoms with Crippen molar-refractivity contribution in [2.45, 2.75) is 43.9 Å². The maximum absolute atomic E-state index is 13.0. The molecule has 0 bridgehead atoms. The van der Waals surface area contributed by atoms with Crippen molar-refractivity contribution in [2.24, 2.45) is 5.92 Å². The molecule has 7 nitrogen and oxygen atoms in total. The van der Waals surface area contributed by atoms with Crippen LogP contribution >= 0.6 is 0 Å². The summed E-state index contributed by atoms with van der Waals surface area (Å²) >= 11 is 0. The Hall–Kier alpha value is -2.71. The Morgan fingerprint density at radius 2 is 1.71 bits per heavy atom. The lowest BCUT2D eigenvalue weighted by Gasteiger charge is -2.30. The quantitative estimate of drug-likeness (QED) is 0.643. The zero-order chi connectivity index (χ0) is 22.2. The number of para-hydroxylation sites is 2. The van der Waals surface area contributed by atoms with Crippen molar-refractivity contribution in [3.63, 3.8) is 0 Å². The predicted molar refractivity (Wildman–Crippen MR) is 121 cm³/mol. The van der Waals surface area contributed by atoms with Gasteiger partial charge in [0, 0.05) is 19.0 Å². The first-order valence-corrected chi connectivity index (χ1v) is 11.9. The number of carbonyl (C=O) groups excluding carboxylic acids is 1. The molecule has 0 radical (unpaired) electrons. The third-order valence-electron chi connectivity index (χ3n) is 5.81. The molecule has 3 aromatic rings. The molecule has 2 heterocycles. The summed E-state index contributed by atoms with van der Waals surface area (Å²) in [5.41, 5.74) is 2.70. The number of hydrogen-bond donors (Lipinski definition) is 2. The molecular weight excluding hydrogens is 412 g/mol. The van der Waals surface area contributed by atoms with Gasteiger partial charge in [-0.1, -0.05) is 45.0 Å². The molecule has 1 amide bonds. The molecule has 1 aliphatic heterocycles. The fourth-order valence-corrected chi connectivity index (χ4v) is 5.33. The van der Waals surface area contributed by atoms with Gasteiger partial charge in [0.2, 0.25) is 21.9 Å². The number of aromatic amines is 1. The predicted octanol–water partition coefficient (Wildman–Crippen LogP) is 3.90. The van der Waals surface area contributed by atoms with Gasteiger partial charge in [0.15, 0.2) is 0 Å². The standard InChI is InChI=1S/C23H28N4O3S/c1-23(2,3)17-8-10-18(11-9-17)31(29,30)27-14-12-16(13-15-27)21(28)26-22-24-19-6-4-5-7-20(19)25-22/h4-11,16H,12-15H2,1-3H3,(H2,24,25,26,28). The van der Waals surface area contributed by atoms with Crippen molar-refractivity contribution in [1.82, 2.24) is 14.3 Å². The van der Waals surface area contributed by atoms with Gasteiger partial charge in [-0.15, -0.1) is 0 Å². The molecule has 1 saturated heterocycles. The highest BCUT2D eigenvalue weighted by Crippen LogP contribution is 2.27. The number of nitrogens with zero attached hydrogens (tertiary/aromatic N) is 2. The summed E-state index contributed by atoms with van der Waals surface area (Å²) < 4.78 is 27.5. The van der Waals surface area contributed by atoms with E-state index in [2.05, 4.69) is 36.1 Å². The van der Waals surface area contributed by atoms with Crippen molar-refractivity contribution in [2.75, 3.05) is 18.4 Å². The maximum Gasteiger partial charge on any atom is 0.243 e. The molecule has 31 heavy (non-hydrogen) atoms. The fourth-order valence-electron chi connectivity index (χ4n) is 3.87. The average Bonchev–Trinajstić information content (AvgIpc) is 3.15. The van der Waals surface area contributed by atoms with E-state index in [0.717, 1.165) is 16.6 Å². The zero-order valence-electron chi connectivity index (χ0n) is 18.1. The first-order chi connectivity index (χ1) is 14.6. The van der Waals surface area contributed by atoms with Crippen LogP contribution in [-0.4, -0.2) is 41.7 Å². The Bertz CT molecular complexity index is 1150. The molecule has 0 saturated carbocycles. The number of amides is 1. The number of sulfonamides is 1. The summed E-state index contributed by atoms with van der Waals surface area (Å²) in [6.07, 6.45) is 0.955. The number of rotatable bonds is 4. The van der Waals surface area contributed by atoms with Gasteiger partial charge in [0.25, 0.3) is 0 Å². The van der Waals surface area contributed by atoms with Crippen molar-refractivity contribution in [3.8, 4) is 0 Å². The van der Waals surface area contributed by atoms with Crippen LogP contribution in [0, 0.1) is 5.92 Å². The summed E-state index contributed by atoms with van der Waals surface area (Å²) in [6.45, 7) is 6.93. The van der Waals surface area contributed by atoms with Crippen molar-refractivity contribution in [1.29, 1.82) is 0 Å². The minimum absolute atomic E-state index is 0.0339. The highest BCUT2D eigenvalue weighted by molar-refractivity contribution is 7.89. The molecule has 1 aliphatic rings. The van der Waals surface area contributed by atoms with E-state index in [1.165, 1.54) is 4.31 Å². The number of benzene rings is 2. The van der Waals surface area contributed by atoms with Gasteiger partial charge in [-0.2, -0.15) is 4.31 Å². The number of nitrogens with one attached hydrogen (secondary N) is 2. The number of fused-ring (bicyclic) bond motifs is 1. The Morgan fingerprint density at radius 1 is 1.06 bits per heavy atom. The van der Waals surface area contributed by atoms with E-state index in [9.17, 15) is 13.2 Å². The topological polar surface area (TPSA) is 95.2 Å². The molecule has 0 atom stereocenters. The number of aromatic nitrogens is 2. The second-order valence-electron chi connectivity index (χ2n) is 9.04. The van der Waals surface area contributed by atoms with E-state index in [1.807, 2.05) is 36.4 Å². The van der Waals surface area contributed by atoms with Crippen LogP contribution in [0.1, 0.15) is 39.2 Å². The molecule has 1 aromatic heterocycles. The fraction of sp³-hybridized carbons (Fsp3) is 0.391. The van der Waals surface area contributed by atoms with E-state index < -0.39 is 10.0 Å². The Kier molecular flexibility index (Phi) is 5.61. The van der Waals surface area contributed by atoms with Gasteiger partial charge >= 0.3 is 0 Å². The van der Waals surface area contributed by atoms with Crippen LogP contribution in [0.4, 0.5) is 5.95 Å². The van der Waals surface area contributed by atoms with Crippen LogP contribution < -0.4 is 5.32 Å². The highest BCUT2D eigenvalue weighted by Gasteiger charge is 2.32. The molecule has 2 aromatic carbocycles. The third kappa shape index (κ3) is 4.50. The van der Waals surface area contributed by atoms with Crippen molar-refractivity contribution < 1.29 is 13.2 Å². The Labute approximate surface area is 182 Å². The number of imidazole rings is 1. The van der Waals surface area contributed by atoms with Crippen molar-refractivity contribution >= 4 is 32.9 Å². The van der Waals surface area contributed by atoms with Crippen LogP contribution in [0.3, 0.4) is 0 Å². The first-order valence-electron chi connectivity index (χ1n) is 10.5. The van der Waals surface area contributed by atoms with E-state index in [-0.39, 0.29) is 17.2 Å². The number of carbonyl (C=O) groups is 1. The summed E-state index contributed by atoms with van der Waals surface area (Å²) in [5, 5.41) is 2.83. The van der Waals surface area contributed by atoms with Gasteiger partial charge in [0.1, 0.15) is 0 Å². The zero-order valence-corrected chi connectivity index (χ0v) is 18.9. The molecule has 8 heteroatoms. The number of hydrogen-bond acceptors (Lipinski definition) is 4. The van der Waals surface area contributed by atoms with Gasteiger partial charge < -0.3 is 4.98 Å². The molecule has 0 spiro atoms. The van der Waals surface area contributed by atoms with Crippen LogP contribution in [0.5, 0.6) is 0 Å². The van der Waals surface area contributed by atoms with Crippen LogP contribution in [0.15, 0.2) is 53.4 Å². The van der Waals surface area contributed by atoms with Crippen LogP contribution in [0.25, 0.3) is 11.0 Å².